The molecule has 0 atom stereocenters. The third-order valence-electron chi connectivity index (χ3n) is 2.34. The highest BCUT2D eigenvalue weighted by Gasteiger charge is 2.18. The molecule has 110 valence electrons. The van der Waals surface area contributed by atoms with Gasteiger partial charge in [0.25, 0.3) is 0 Å². The Morgan fingerprint density at radius 2 is 1.95 bits per heavy atom. The molecule has 0 fully saturated rings. The van der Waals surface area contributed by atoms with Gasteiger partial charge in [-0.3, -0.25) is 0 Å². The number of ether oxygens (including phenoxy) is 2. The second-order valence-corrected chi connectivity index (χ2v) is 3.59. The highest BCUT2D eigenvalue weighted by atomic mass is 19.2. The average Bonchev–Trinajstić information content (AvgIpc) is 2.49. The van der Waals surface area contributed by atoms with Crippen molar-refractivity contribution in [3.05, 3.63) is 41.1 Å². The van der Waals surface area contributed by atoms with Gasteiger partial charge in [-0.2, -0.15) is 5.26 Å². The maximum Gasteiger partial charge on any atom is 0.354 e. The Hall–Kier alpha value is -2.95. The lowest BCUT2D eigenvalue weighted by molar-refractivity contribution is -0.138. The van der Waals surface area contributed by atoms with Gasteiger partial charge in [0.2, 0.25) is 0 Å². The lowest BCUT2D eigenvalue weighted by Gasteiger charge is -2.11. The SMILES string of the molecule is COC(=O)/C=C(/Nc1ccc(F)c(F)c1C#N)C(=O)OC. The number of hydrogen-bond donors (Lipinski definition) is 1. The number of nitrogens with zero attached hydrogens (tertiary/aromatic N) is 1. The predicted molar refractivity (Wildman–Crippen MR) is 66.8 cm³/mol. The number of esters is 2. The molecule has 0 aliphatic heterocycles. The number of carbonyl (C=O) groups is 2. The summed E-state index contributed by atoms with van der Waals surface area (Å²) >= 11 is 0. The fourth-order valence-electron chi connectivity index (χ4n) is 1.34. The minimum Gasteiger partial charge on any atom is -0.466 e. The van der Waals surface area contributed by atoms with Crippen LogP contribution in [0.4, 0.5) is 14.5 Å². The van der Waals surface area contributed by atoms with Crippen molar-refractivity contribution < 1.29 is 27.8 Å². The predicted octanol–water partition coefficient (Wildman–Crippen LogP) is 1.48. The van der Waals surface area contributed by atoms with Gasteiger partial charge in [0.05, 0.1) is 26.0 Å². The van der Waals surface area contributed by atoms with Crippen LogP contribution in [0.2, 0.25) is 0 Å². The van der Waals surface area contributed by atoms with E-state index in [9.17, 15) is 18.4 Å². The number of methoxy groups -OCH3 is 2. The molecule has 0 aromatic heterocycles. The summed E-state index contributed by atoms with van der Waals surface area (Å²) in [4.78, 5) is 22.7. The number of anilines is 1. The molecule has 0 unspecified atom stereocenters. The van der Waals surface area contributed by atoms with Crippen LogP contribution in [-0.2, 0) is 19.1 Å². The van der Waals surface area contributed by atoms with Gasteiger partial charge >= 0.3 is 11.9 Å². The van der Waals surface area contributed by atoms with Crippen molar-refractivity contribution in [3.8, 4) is 6.07 Å². The lowest BCUT2D eigenvalue weighted by Crippen LogP contribution is -2.16. The standard InChI is InChI=1S/C13H10F2N2O4/c1-20-11(18)5-10(13(19)21-2)17-9-4-3-8(14)12(15)7(9)6-16/h3-5,17H,1-2H3/b10-5+. The number of nitrogens with one attached hydrogen (secondary N) is 1. The minimum absolute atomic E-state index is 0.197. The molecule has 0 radical (unpaired) electrons. The summed E-state index contributed by atoms with van der Waals surface area (Å²) in [5, 5.41) is 11.2. The van der Waals surface area contributed by atoms with Crippen LogP contribution >= 0.6 is 0 Å². The van der Waals surface area contributed by atoms with Gasteiger partial charge in [0, 0.05) is 0 Å². The molecule has 0 saturated carbocycles. The van der Waals surface area contributed by atoms with Crippen LogP contribution in [0.25, 0.3) is 0 Å². The van der Waals surface area contributed by atoms with E-state index in [1.165, 1.54) is 6.07 Å². The van der Waals surface area contributed by atoms with Gasteiger partial charge < -0.3 is 14.8 Å². The van der Waals surface area contributed by atoms with E-state index in [4.69, 9.17) is 5.26 Å². The molecule has 0 amide bonds. The van der Waals surface area contributed by atoms with Gasteiger partial charge in [-0.25, -0.2) is 18.4 Å². The van der Waals surface area contributed by atoms with Gasteiger partial charge in [-0.15, -0.1) is 0 Å². The molecule has 1 aromatic rings. The zero-order valence-electron chi connectivity index (χ0n) is 11.1. The number of rotatable bonds is 4. The van der Waals surface area contributed by atoms with Gasteiger partial charge in [0.1, 0.15) is 17.3 Å². The fraction of sp³-hybridized carbons (Fsp3) is 0.154. The summed E-state index contributed by atoms with van der Waals surface area (Å²) < 4.78 is 35.3. The van der Waals surface area contributed by atoms with Crippen LogP contribution in [-0.4, -0.2) is 26.2 Å². The Balaban J connectivity index is 3.26. The smallest absolute Gasteiger partial charge is 0.354 e. The number of benzene rings is 1. The van der Waals surface area contributed by atoms with E-state index < -0.39 is 34.8 Å². The molecule has 1 aromatic carbocycles. The van der Waals surface area contributed by atoms with Crippen LogP contribution in [0.3, 0.4) is 0 Å². The lowest BCUT2D eigenvalue weighted by atomic mass is 10.1. The maximum absolute atomic E-state index is 13.5. The van der Waals surface area contributed by atoms with Crippen molar-refractivity contribution in [2.75, 3.05) is 19.5 Å². The molecule has 1 rings (SSSR count). The summed E-state index contributed by atoms with van der Waals surface area (Å²) in [6.45, 7) is 0. The van der Waals surface area contributed by atoms with E-state index in [1.807, 2.05) is 0 Å². The summed E-state index contributed by atoms with van der Waals surface area (Å²) in [5.74, 6) is -4.41. The first-order valence-corrected chi connectivity index (χ1v) is 5.47. The van der Waals surface area contributed by atoms with Crippen molar-refractivity contribution in [3.63, 3.8) is 0 Å². The van der Waals surface area contributed by atoms with Crippen LogP contribution in [0.1, 0.15) is 5.56 Å². The average molecular weight is 296 g/mol. The molecule has 0 saturated heterocycles. The Morgan fingerprint density at radius 3 is 2.48 bits per heavy atom. The minimum atomic E-state index is -1.37. The number of carbonyl (C=O) groups excluding carboxylic acids is 2. The molecule has 0 bridgehead atoms. The van der Waals surface area contributed by atoms with Gasteiger partial charge in [-0.05, 0) is 12.1 Å². The van der Waals surface area contributed by atoms with E-state index in [-0.39, 0.29) is 5.69 Å². The first-order chi connectivity index (χ1) is 9.94. The first-order valence-electron chi connectivity index (χ1n) is 5.47. The van der Waals surface area contributed by atoms with Crippen molar-refractivity contribution in [1.82, 2.24) is 0 Å². The molecule has 0 aliphatic rings. The quantitative estimate of drug-likeness (QED) is 0.668. The van der Waals surface area contributed by atoms with Gasteiger partial charge in [0.15, 0.2) is 11.6 Å². The van der Waals surface area contributed by atoms with Gasteiger partial charge in [-0.1, -0.05) is 0 Å². The maximum atomic E-state index is 13.5. The highest BCUT2D eigenvalue weighted by Crippen LogP contribution is 2.22. The van der Waals surface area contributed by atoms with E-state index in [0.29, 0.717) is 0 Å². The van der Waals surface area contributed by atoms with Crippen LogP contribution in [0, 0.1) is 23.0 Å². The largest absolute Gasteiger partial charge is 0.466 e. The Bertz CT molecular complexity index is 650. The van der Waals surface area contributed by atoms with E-state index in [0.717, 1.165) is 32.4 Å². The molecule has 21 heavy (non-hydrogen) atoms. The highest BCUT2D eigenvalue weighted by molar-refractivity contribution is 5.99. The molecule has 0 spiro atoms. The summed E-state index contributed by atoms with van der Waals surface area (Å²) in [5.41, 5.74) is -1.24. The molecule has 8 heteroatoms. The van der Waals surface area contributed by atoms with Crippen LogP contribution in [0.5, 0.6) is 0 Å². The van der Waals surface area contributed by atoms with Crippen molar-refractivity contribution in [2.45, 2.75) is 0 Å². The number of hydrogen-bond acceptors (Lipinski definition) is 6. The second-order valence-electron chi connectivity index (χ2n) is 3.59. The third kappa shape index (κ3) is 3.76. The van der Waals surface area contributed by atoms with Crippen molar-refractivity contribution >= 4 is 17.6 Å². The molecule has 0 heterocycles. The van der Waals surface area contributed by atoms with E-state index in [2.05, 4.69) is 14.8 Å². The monoisotopic (exact) mass is 296 g/mol. The molecular weight excluding hydrogens is 286 g/mol. The zero-order valence-corrected chi connectivity index (χ0v) is 11.1. The number of nitriles is 1. The molecule has 0 aliphatic carbocycles. The normalized spacial score (nSPS) is 10.5. The topological polar surface area (TPSA) is 88.4 Å². The Labute approximate surface area is 118 Å². The van der Waals surface area contributed by atoms with Crippen LogP contribution in [0.15, 0.2) is 23.9 Å². The summed E-state index contributed by atoms with van der Waals surface area (Å²) in [6.07, 6.45) is 0.758. The number of halogens is 2. The van der Waals surface area contributed by atoms with E-state index in [1.54, 1.807) is 0 Å². The Morgan fingerprint density at radius 1 is 1.29 bits per heavy atom. The van der Waals surface area contributed by atoms with Crippen molar-refractivity contribution in [2.24, 2.45) is 0 Å². The molecule has 1 N–H and O–H groups in total. The fourth-order valence-corrected chi connectivity index (χ4v) is 1.34. The summed E-state index contributed by atoms with van der Waals surface area (Å²) in [6, 6.07) is 3.28. The van der Waals surface area contributed by atoms with Crippen molar-refractivity contribution in [1.29, 1.82) is 5.26 Å². The molecular formula is C13H10F2N2O4. The zero-order chi connectivity index (χ0) is 16.0. The first kappa shape index (κ1) is 16.1. The van der Waals surface area contributed by atoms with E-state index >= 15 is 0 Å². The summed E-state index contributed by atoms with van der Waals surface area (Å²) in [7, 11) is 2.15. The Kier molecular flexibility index (Phi) is 5.37. The molecule has 6 nitrogen and oxygen atoms in total. The third-order valence-corrected chi connectivity index (χ3v) is 2.34. The van der Waals surface area contributed by atoms with Crippen LogP contribution < -0.4 is 5.32 Å². The second kappa shape index (κ2) is 7.00.